The Morgan fingerprint density at radius 1 is 1.09 bits per heavy atom. The van der Waals surface area contributed by atoms with Gasteiger partial charge >= 0.3 is 0 Å². The van der Waals surface area contributed by atoms with E-state index in [9.17, 15) is 9.59 Å². The lowest BCUT2D eigenvalue weighted by Crippen LogP contribution is -2.39. The minimum absolute atomic E-state index is 0.118. The molecule has 2 unspecified atom stereocenters. The number of nitrogens with zero attached hydrogens (tertiary/aromatic N) is 1. The van der Waals surface area contributed by atoms with Crippen LogP contribution >= 0.6 is 0 Å². The SMILES string of the molecule is COc1ccccc1NC(=O)C1=C(C)N=C2CCCC(=O)C2C1c1ccc2c(c1)OCO2. The van der Waals surface area contributed by atoms with Crippen LogP contribution in [-0.2, 0) is 9.59 Å². The average Bonchev–Trinajstić information content (AvgIpc) is 3.26. The van der Waals surface area contributed by atoms with E-state index in [1.54, 1.807) is 19.2 Å². The van der Waals surface area contributed by atoms with Gasteiger partial charge < -0.3 is 19.5 Å². The second-order valence-electron chi connectivity index (χ2n) is 8.14. The lowest BCUT2D eigenvalue weighted by atomic mass is 9.69. The molecule has 5 rings (SSSR count). The lowest BCUT2D eigenvalue weighted by molar-refractivity contribution is -0.122. The average molecular weight is 432 g/mol. The molecule has 0 radical (unpaired) electrons. The first kappa shape index (κ1) is 20.3. The van der Waals surface area contributed by atoms with E-state index in [4.69, 9.17) is 19.2 Å². The molecule has 1 aliphatic carbocycles. The zero-order valence-corrected chi connectivity index (χ0v) is 18.0. The number of ketones is 1. The number of rotatable bonds is 4. The molecule has 2 aromatic carbocycles. The van der Waals surface area contributed by atoms with Gasteiger partial charge in [-0.1, -0.05) is 18.2 Å². The fraction of sp³-hybridized carbons (Fsp3) is 0.320. The predicted molar refractivity (Wildman–Crippen MR) is 119 cm³/mol. The molecule has 7 nitrogen and oxygen atoms in total. The van der Waals surface area contributed by atoms with Gasteiger partial charge in [-0.05, 0) is 49.6 Å². The van der Waals surface area contributed by atoms with Crippen LogP contribution < -0.4 is 19.5 Å². The number of hydrogen-bond acceptors (Lipinski definition) is 6. The summed E-state index contributed by atoms with van der Waals surface area (Å²) in [5.74, 6) is 0.771. The van der Waals surface area contributed by atoms with Crippen LogP contribution in [0.5, 0.6) is 17.2 Å². The highest BCUT2D eigenvalue weighted by molar-refractivity contribution is 6.14. The summed E-state index contributed by atoms with van der Waals surface area (Å²) in [5.41, 5.74) is 3.37. The number of carbonyl (C=O) groups excluding carboxylic acids is 2. The standard InChI is InChI=1S/C25H24N2O5/c1-14-22(25(29)27-16-6-3-4-9-19(16)30-2)23(24-17(26-14)7-5-8-18(24)28)15-10-11-20-21(12-15)32-13-31-20/h3-4,6,9-12,23-24H,5,7-8,13H2,1-2H3,(H,27,29). The maximum absolute atomic E-state index is 13.6. The van der Waals surface area contributed by atoms with Gasteiger partial charge in [0.15, 0.2) is 11.5 Å². The number of nitrogens with one attached hydrogen (secondary N) is 1. The van der Waals surface area contributed by atoms with E-state index in [0.717, 1.165) is 24.1 Å². The second kappa shape index (κ2) is 8.15. The summed E-state index contributed by atoms with van der Waals surface area (Å²) < 4.78 is 16.4. The molecule has 0 spiro atoms. The molecule has 3 aliphatic rings. The van der Waals surface area contributed by atoms with Gasteiger partial charge in [0.1, 0.15) is 11.5 Å². The molecule has 164 valence electrons. The third-order valence-electron chi connectivity index (χ3n) is 6.26. The van der Waals surface area contributed by atoms with Crippen LogP contribution in [0.15, 0.2) is 58.7 Å². The maximum Gasteiger partial charge on any atom is 0.254 e. The monoisotopic (exact) mass is 432 g/mol. The van der Waals surface area contributed by atoms with Gasteiger partial charge in [0, 0.05) is 29.3 Å². The Bertz CT molecular complexity index is 1170. The zero-order chi connectivity index (χ0) is 22.2. The molecule has 32 heavy (non-hydrogen) atoms. The molecular weight excluding hydrogens is 408 g/mol. The van der Waals surface area contributed by atoms with Gasteiger partial charge in [-0.25, -0.2) is 0 Å². The highest BCUT2D eigenvalue weighted by Crippen LogP contribution is 2.45. The minimum atomic E-state index is -0.453. The van der Waals surface area contributed by atoms with Gasteiger partial charge in [-0.3, -0.25) is 14.6 Å². The Kier molecular flexibility index (Phi) is 5.17. The molecule has 2 heterocycles. The molecule has 2 atom stereocenters. The number of anilines is 1. The van der Waals surface area contributed by atoms with Crippen molar-refractivity contribution in [1.29, 1.82) is 0 Å². The summed E-state index contributed by atoms with van der Waals surface area (Å²) in [6, 6.07) is 12.9. The van der Waals surface area contributed by atoms with Gasteiger partial charge in [-0.15, -0.1) is 0 Å². The van der Waals surface area contributed by atoms with Crippen LogP contribution in [0.1, 0.15) is 37.7 Å². The largest absolute Gasteiger partial charge is 0.495 e. The Morgan fingerprint density at radius 2 is 1.91 bits per heavy atom. The van der Waals surface area contributed by atoms with Crippen LogP contribution in [0.3, 0.4) is 0 Å². The molecule has 2 aliphatic heterocycles. The fourth-order valence-electron chi connectivity index (χ4n) is 4.82. The third kappa shape index (κ3) is 3.43. The molecule has 0 bridgehead atoms. The van der Waals surface area contributed by atoms with E-state index in [0.29, 0.717) is 40.6 Å². The van der Waals surface area contributed by atoms with Crippen LogP contribution in [-0.4, -0.2) is 31.3 Å². The van der Waals surface area contributed by atoms with E-state index in [1.807, 2.05) is 37.3 Å². The van der Waals surface area contributed by atoms with E-state index in [2.05, 4.69) is 5.32 Å². The number of ether oxygens (including phenoxy) is 3. The number of fused-ring (bicyclic) bond motifs is 2. The predicted octanol–water partition coefficient (Wildman–Crippen LogP) is 4.24. The van der Waals surface area contributed by atoms with Crippen molar-refractivity contribution in [1.82, 2.24) is 0 Å². The zero-order valence-electron chi connectivity index (χ0n) is 18.0. The van der Waals surface area contributed by atoms with Gasteiger partial charge in [-0.2, -0.15) is 0 Å². The highest BCUT2D eigenvalue weighted by Gasteiger charge is 2.43. The summed E-state index contributed by atoms with van der Waals surface area (Å²) >= 11 is 0. The topological polar surface area (TPSA) is 86.2 Å². The molecule has 0 saturated heterocycles. The van der Waals surface area contributed by atoms with E-state index >= 15 is 0 Å². The Balaban J connectivity index is 1.59. The Hall–Kier alpha value is -3.61. The number of methoxy groups -OCH3 is 1. The quantitative estimate of drug-likeness (QED) is 0.781. The normalized spacial score (nSPS) is 21.7. The molecular formula is C25H24N2O5. The molecule has 1 N–H and O–H groups in total. The van der Waals surface area contributed by atoms with E-state index in [-0.39, 0.29) is 18.5 Å². The molecule has 2 aromatic rings. The lowest BCUT2D eigenvalue weighted by Gasteiger charge is -2.36. The first-order valence-corrected chi connectivity index (χ1v) is 10.7. The van der Waals surface area contributed by atoms with E-state index in [1.165, 1.54) is 0 Å². The van der Waals surface area contributed by atoms with Crippen LogP contribution in [0.2, 0.25) is 0 Å². The van der Waals surface area contributed by atoms with Crippen LogP contribution in [0.4, 0.5) is 5.69 Å². The molecule has 0 aromatic heterocycles. The summed E-state index contributed by atoms with van der Waals surface area (Å²) in [5, 5.41) is 2.97. The second-order valence-corrected chi connectivity index (χ2v) is 8.14. The number of allylic oxidation sites excluding steroid dienone is 1. The molecule has 1 amide bonds. The van der Waals surface area contributed by atoms with E-state index < -0.39 is 11.8 Å². The molecule has 1 saturated carbocycles. The van der Waals surface area contributed by atoms with Crippen molar-refractivity contribution in [3.05, 3.63) is 59.3 Å². The number of para-hydroxylation sites is 2. The van der Waals surface area contributed by atoms with Crippen molar-refractivity contribution < 1.29 is 23.8 Å². The number of benzene rings is 2. The fourth-order valence-corrected chi connectivity index (χ4v) is 4.82. The number of hydrogen-bond donors (Lipinski definition) is 1. The number of carbonyl (C=O) groups is 2. The number of Topliss-reactive ketones (excluding diaryl/α,β-unsaturated/α-hetero) is 1. The number of aliphatic imine (C=N–C) groups is 1. The summed E-state index contributed by atoms with van der Waals surface area (Å²) in [4.78, 5) is 31.4. The van der Waals surface area contributed by atoms with Crippen molar-refractivity contribution >= 4 is 23.1 Å². The summed E-state index contributed by atoms with van der Waals surface area (Å²) in [7, 11) is 1.56. The first-order valence-electron chi connectivity index (χ1n) is 10.7. The van der Waals surface area contributed by atoms with Gasteiger partial charge in [0.2, 0.25) is 6.79 Å². The van der Waals surface area contributed by atoms with Gasteiger partial charge in [0.05, 0.1) is 18.7 Å². The summed E-state index contributed by atoms with van der Waals surface area (Å²) in [6.45, 7) is 1.99. The molecule has 1 fully saturated rings. The van der Waals surface area contributed by atoms with Crippen molar-refractivity contribution in [2.75, 3.05) is 19.2 Å². The summed E-state index contributed by atoms with van der Waals surface area (Å²) in [6.07, 6.45) is 2.04. The van der Waals surface area contributed by atoms with Crippen molar-refractivity contribution in [2.24, 2.45) is 10.9 Å². The molecule has 7 heteroatoms. The van der Waals surface area contributed by atoms with Crippen molar-refractivity contribution in [2.45, 2.75) is 32.1 Å². The third-order valence-corrected chi connectivity index (χ3v) is 6.26. The Morgan fingerprint density at radius 3 is 2.75 bits per heavy atom. The first-order chi connectivity index (χ1) is 15.6. The highest BCUT2D eigenvalue weighted by atomic mass is 16.7. The van der Waals surface area contributed by atoms with Crippen molar-refractivity contribution in [3.63, 3.8) is 0 Å². The van der Waals surface area contributed by atoms with Crippen molar-refractivity contribution in [3.8, 4) is 17.2 Å². The Labute approximate surface area is 186 Å². The van der Waals surface area contributed by atoms with Crippen LogP contribution in [0, 0.1) is 5.92 Å². The maximum atomic E-state index is 13.6. The smallest absolute Gasteiger partial charge is 0.254 e. The number of amides is 1. The van der Waals surface area contributed by atoms with Gasteiger partial charge in [0.25, 0.3) is 5.91 Å². The minimum Gasteiger partial charge on any atom is -0.495 e. The van der Waals surface area contributed by atoms with Crippen LogP contribution in [0.25, 0.3) is 0 Å².